The summed E-state index contributed by atoms with van der Waals surface area (Å²) in [7, 11) is -3.88. The van der Waals surface area contributed by atoms with Crippen LogP contribution in [0.5, 0.6) is 11.5 Å². The molecule has 9 nitrogen and oxygen atoms in total. The van der Waals surface area contributed by atoms with Crippen LogP contribution in [0.25, 0.3) is 0 Å². The van der Waals surface area contributed by atoms with E-state index in [1.807, 2.05) is 75.4 Å². The van der Waals surface area contributed by atoms with E-state index < -0.39 is 28.5 Å². The van der Waals surface area contributed by atoms with Crippen LogP contribution >= 0.6 is 0 Å². The number of hydrogen-bond donors (Lipinski definition) is 1. The molecule has 41 heavy (non-hydrogen) atoms. The molecule has 1 heterocycles. The molecule has 1 aliphatic heterocycles. The van der Waals surface area contributed by atoms with Crippen molar-refractivity contribution in [2.45, 2.75) is 52.2 Å². The van der Waals surface area contributed by atoms with Gasteiger partial charge in [0.1, 0.15) is 12.6 Å². The lowest BCUT2D eigenvalue weighted by molar-refractivity contribution is -0.140. The van der Waals surface area contributed by atoms with Gasteiger partial charge in [-0.1, -0.05) is 67.1 Å². The fourth-order valence-electron chi connectivity index (χ4n) is 4.54. The number of benzene rings is 3. The van der Waals surface area contributed by atoms with Gasteiger partial charge in [-0.15, -0.1) is 0 Å². The Labute approximate surface area is 242 Å². The second kappa shape index (κ2) is 13.1. The lowest BCUT2D eigenvalue weighted by Crippen LogP contribution is -2.54. The first-order valence-electron chi connectivity index (χ1n) is 13.6. The fourth-order valence-corrected chi connectivity index (χ4v) is 5.38. The number of hydrogen-bond acceptors (Lipinski definition) is 6. The Hall–Kier alpha value is -4.05. The van der Waals surface area contributed by atoms with Crippen LogP contribution in [0.2, 0.25) is 0 Å². The Morgan fingerprint density at radius 3 is 2.29 bits per heavy atom. The van der Waals surface area contributed by atoms with Gasteiger partial charge in [0.15, 0.2) is 11.5 Å². The van der Waals surface area contributed by atoms with Crippen molar-refractivity contribution < 1.29 is 27.5 Å². The van der Waals surface area contributed by atoms with Crippen LogP contribution < -0.4 is 19.1 Å². The Balaban J connectivity index is 1.72. The summed E-state index contributed by atoms with van der Waals surface area (Å²) < 4.78 is 37.8. The van der Waals surface area contributed by atoms with Crippen molar-refractivity contribution in [3.8, 4) is 11.5 Å². The summed E-state index contributed by atoms with van der Waals surface area (Å²) in [6.07, 6.45) is 2.04. The second-order valence-corrected chi connectivity index (χ2v) is 12.2. The smallest absolute Gasteiger partial charge is 0.244 e. The largest absolute Gasteiger partial charge is 0.454 e. The van der Waals surface area contributed by atoms with Crippen LogP contribution in [0.15, 0.2) is 72.8 Å². The van der Waals surface area contributed by atoms with Gasteiger partial charge in [0.2, 0.25) is 28.6 Å². The average Bonchev–Trinajstić information content (AvgIpc) is 3.42. The number of anilines is 1. The van der Waals surface area contributed by atoms with Gasteiger partial charge in [0.05, 0.1) is 11.9 Å². The van der Waals surface area contributed by atoms with Gasteiger partial charge in [0.25, 0.3) is 0 Å². The molecule has 1 N–H and O–H groups in total. The van der Waals surface area contributed by atoms with E-state index in [2.05, 4.69) is 5.32 Å². The van der Waals surface area contributed by atoms with E-state index in [-0.39, 0.29) is 37.4 Å². The first kappa shape index (κ1) is 29.9. The van der Waals surface area contributed by atoms with Gasteiger partial charge in [-0.2, -0.15) is 0 Å². The molecule has 0 unspecified atom stereocenters. The number of carbonyl (C=O) groups excluding carboxylic acids is 2. The number of sulfonamides is 1. The molecule has 0 fully saturated rings. The fraction of sp³-hybridized carbons (Fsp3) is 0.355. The van der Waals surface area contributed by atoms with E-state index in [1.165, 1.54) is 11.0 Å². The van der Waals surface area contributed by atoms with Crippen molar-refractivity contribution in [2.24, 2.45) is 0 Å². The number of amides is 2. The highest BCUT2D eigenvalue weighted by molar-refractivity contribution is 7.92. The monoisotopic (exact) mass is 579 g/mol. The average molecular weight is 580 g/mol. The maximum atomic E-state index is 14.2. The van der Waals surface area contributed by atoms with Gasteiger partial charge >= 0.3 is 0 Å². The van der Waals surface area contributed by atoms with Crippen LogP contribution in [-0.4, -0.2) is 56.8 Å². The Kier molecular flexibility index (Phi) is 9.54. The Bertz CT molecular complexity index is 1460. The summed E-state index contributed by atoms with van der Waals surface area (Å²) >= 11 is 0. The van der Waals surface area contributed by atoms with Crippen molar-refractivity contribution in [2.75, 3.05) is 23.9 Å². The predicted molar refractivity (Wildman–Crippen MR) is 158 cm³/mol. The molecule has 0 saturated carbocycles. The van der Waals surface area contributed by atoms with E-state index in [0.29, 0.717) is 11.5 Å². The summed E-state index contributed by atoms with van der Waals surface area (Å²) in [5.41, 5.74) is 3.04. The number of ether oxygens (including phenoxy) is 2. The second-order valence-electron chi connectivity index (χ2n) is 10.3. The maximum absolute atomic E-state index is 14.2. The zero-order valence-electron chi connectivity index (χ0n) is 23.9. The molecule has 2 amide bonds. The van der Waals surface area contributed by atoms with Crippen LogP contribution in [-0.2, 0) is 32.6 Å². The topological polar surface area (TPSA) is 105 Å². The summed E-state index contributed by atoms with van der Waals surface area (Å²) in [5.74, 6) is 0.0979. The Morgan fingerprint density at radius 2 is 1.63 bits per heavy atom. The van der Waals surface area contributed by atoms with Crippen molar-refractivity contribution in [1.82, 2.24) is 10.2 Å². The minimum Gasteiger partial charge on any atom is -0.454 e. The molecule has 0 spiro atoms. The molecule has 3 aromatic rings. The van der Waals surface area contributed by atoms with Gasteiger partial charge < -0.3 is 19.7 Å². The number of nitrogens with one attached hydrogen (secondary N) is 1. The zero-order chi connectivity index (χ0) is 29.6. The summed E-state index contributed by atoms with van der Waals surface area (Å²) in [6, 6.07) is 20.9. The molecule has 0 bridgehead atoms. The molecule has 0 radical (unpaired) electrons. The van der Waals surface area contributed by atoms with Crippen LogP contribution in [0.4, 0.5) is 5.69 Å². The molecule has 0 saturated heterocycles. The molecule has 2 atom stereocenters. The van der Waals surface area contributed by atoms with Crippen molar-refractivity contribution in [3.05, 3.63) is 89.5 Å². The number of nitrogens with zero attached hydrogens (tertiary/aromatic N) is 2. The standard InChI is InChI=1S/C31H37N3O6S/c1-5-23(3)32-31(36)27(17-24-9-7-6-8-10-24)33(19-25-13-11-22(2)12-14-25)30(35)20-34(41(4,37)38)26-15-16-28-29(18-26)40-21-39-28/h6-16,18,23,27H,5,17,19-21H2,1-4H3,(H,32,36)/t23-,27-/m1/s1. The van der Waals surface area contributed by atoms with E-state index in [9.17, 15) is 18.0 Å². The van der Waals surface area contributed by atoms with Gasteiger partial charge in [-0.05, 0) is 43.5 Å². The normalized spacial score (nSPS) is 13.8. The third-order valence-corrected chi connectivity index (χ3v) is 8.21. The minimum atomic E-state index is -3.88. The molecular formula is C31H37N3O6S. The SMILES string of the molecule is CC[C@@H](C)NC(=O)[C@@H](Cc1ccccc1)N(Cc1ccc(C)cc1)C(=O)CN(c1ccc2c(c1)OCO2)S(C)(=O)=O. The van der Waals surface area contributed by atoms with Crippen LogP contribution in [0.3, 0.4) is 0 Å². The molecule has 0 aromatic heterocycles. The van der Waals surface area contributed by atoms with E-state index in [4.69, 9.17) is 9.47 Å². The molecule has 4 rings (SSSR count). The first-order valence-corrected chi connectivity index (χ1v) is 15.5. The van der Waals surface area contributed by atoms with Crippen LogP contribution in [0, 0.1) is 6.92 Å². The van der Waals surface area contributed by atoms with Crippen molar-refractivity contribution in [3.63, 3.8) is 0 Å². The Morgan fingerprint density at radius 1 is 0.951 bits per heavy atom. The third-order valence-electron chi connectivity index (χ3n) is 7.07. The zero-order valence-corrected chi connectivity index (χ0v) is 24.7. The molecular weight excluding hydrogens is 542 g/mol. The molecule has 1 aliphatic rings. The van der Waals surface area contributed by atoms with Gasteiger partial charge in [-0.3, -0.25) is 13.9 Å². The molecule has 3 aromatic carbocycles. The maximum Gasteiger partial charge on any atom is 0.244 e. The third kappa shape index (κ3) is 7.79. The summed E-state index contributed by atoms with van der Waals surface area (Å²) in [6.45, 7) is 5.53. The molecule has 218 valence electrons. The van der Waals surface area contributed by atoms with Crippen molar-refractivity contribution in [1.29, 1.82) is 0 Å². The van der Waals surface area contributed by atoms with E-state index in [1.54, 1.807) is 12.1 Å². The highest BCUT2D eigenvalue weighted by Gasteiger charge is 2.33. The van der Waals surface area contributed by atoms with E-state index >= 15 is 0 Å². The number of fused-ring (bicyclic) bond motifs is 1. The number of rotatable bonds is 12. The summed E-state index contributed by atoms with van der Waals surface area (Å²) in [5, 5.41) is 3.03. The first-order chi connectivity index (χ1) is 19.5. The lowest BCUT2D eigenvalue weighted by atomic mass is 10.0. The quantitative estimate of drug-likeness (QED) is 0.347. The van der Waals surface area contributed by atoms with Crippen LogP contribution in [0.1, 0.15) is 37.0 Å². The highest BCUT2D eigenvalue weighted by Crippen LogP contribution is 2.36. The van der Waals surface area contributed by atoms with Gasteiger partial charge in [0, 0.05) is 25.1 Å². The van der Waals surface area contributed by atoms with E-state index in [0.717, 1.165) is 33.7 Å². The number of aryl methyl sites for hydroxylation is 1. The highest BCUT2D eigenvalue weighted by atomic mass is 32.2. The predicted octanol–water partition coefficient (Wildman–Crippen LogP) is 4.04. The van der Waals surface area contributed by atoms with Gasteiger partial charge in [-0.25, -0.2) is 8.42 Å². The lowest BCUT2D eigenvalue weighted by Gasteiger charge is -2.34. The summed E-state index contributed by atoms with van der Waals surface area (Å²) in [4.78, 5) is 29.4. The van der Waals surface area contributed by atoms with Crippen molar-refractivity contribution >= 4 is 27.5 Å². The molecule has 10 heteroatoms. The number of carbonyl (C=O) groups is 2. The minimum absolute atomic E-state index is 0.0351. The molecule has 0 aliphatic carbocycles.